The van der Waals surface area contributed by atoms with Crippen LogP contribution in [0.5, 0.6) is 0 Å². The normalized spacial score (nSPS) is 10.3. The Morgan fingerprint density at radius 2 is 2.13 bits per heavy atom. The van der Waals surface area contributed by atoms with Crippen molar-refractivity contribution in [2.24, 2.45) is 0 Å². The zero-order chi connectivity index (χ0) is 10.8. The number of methoxy groups -OCH3 is 1. The van der Waals surface area contributed by atoms with E-state index in [1.54, 1.807) is 19.1 Å². The highest BCUT2D eigenvalue weighted by atomic mass is 16.5. The number of esters is 1. The van der Waals surface area contributed by atoms with E-state index in [1.165, 1.54) is 7.11 Å². The van der Waals surface area contributed by atoms with Crippen LogP contribution in [-0.4, -0.2) is 23.3 Å². The van der Waals surface area contributed by atoms with E-state index in [1.807, 2.05) is 0 Å². The third kappa shape index (κ3) is 1.74. The van der Waals surface area contributed by atoms with Crippen LogP contribution in [0.4, 0.5) is 0 Å². The Kier molecular flexibility index (Phi) is 2.24. The van der Waals surface area contributed by atoms with E-state index in [9.17, 15) is 4.79 Å². The zero-order valence-electron chi connectivity index (χ0n) is 8.18. The molecule has 0 radical (unpaired) electrons. The molecule has 0 unspecified atom stereocenters. The van der Waals surface area contributed by atoms with Crippen LogP contribution < -0.4 is 0 Å². The molecule has 0 fully saturated rings. The lowest BCUT2D eigenvalue weighted by Crippen LogP contribution is -2.00. The first kappa shape index (κ1) is 9.45. The lowest BCUT2D eigenvalue weighted by atomic mass is 10.4. The van der Waals surface area contributed by atoms with Crippen LogP contribution in [0.2, 0.25) is 0 Å². The molecule has 0 spiro atoms. The van der Waals surface area contributed by atoms with Gasteiger partial charge >= 0.3 is 11.9 Å². The number of aromatic nitrogens is 2. The fourth-order valence-electron chi connectivity index (χ4n) is 1.04. The van der Waals surface area contributed by atoms with Gasteiger partial charge < -0.3 is 13.6 Å². The number of aryl methyl sites for hydroxylation is 1. The summed E-state index contributed by atoms with van der Waals surface area (Å²) in [5.74, 6) is 0.444. The molecule has 6 heteroatoms. The van der Waals surface area contributed by atoms with E-state index in [-0.39, 0.29) is 11.8 Å². The molecule has 2 aromatic rings. The lowest BCUT2D eigenvalue weighted by Gasteiger charge is -1.89. The molecule has 2 heterocycles. The highest BCUT2D eigenvalue weighted by Gasteiger charge is 2.17. The van der Waals surface area contributed by atoms with Gasteiger partial charge in [-0.15, -0.1) is 10.2 Å². The van der Waals surface area contributed by atoms with E-state index in [0.717, 1.165) is 5.76 Å². The van der Waals surface area contributed by atoms with Crippen LogP contribution in [-0.2, 0) is 4.74 Å². The third-order valence-corrected chi connectivity index (χ3v) is 1.74. The summed E-state index contributed by atoms with van der Waals surface area (Å²) < 4.78 is 14.7. The van der Waals surface area contributed by atoms with E-state index < -0.39 is 5.97 Å². The standard InChI is InChI=1S/C9H8N2O4/c1-5-3-4-6(14-5)7-10-11-8(15-7)9(12)13-2/h3-4H,1-2H3. The summed E-state index contributed by atoms with van der Waals surface area (Å²) in [5, 5.41) is 7.18. The molecule has 6 nitrogen and oxygen atoms in total. The molecular formula is C9H8N2O4. The fraction of sp³-hybridized carbons (Fsp3) is 0.222. The molecule has 0 aromatic carbocycles. The van der Waals surface area contributed by atoms with Crippen LogP contribution in [0.3, 0.4) is 0 Å². The minimum absolute atomic E-state index is 0.156. The fourth-order valence-corrected chi connectivity index (χ4v) is 1.04. The van der Waals surface area contributed by atoms with Crippen molar-refractivity contribution in [3.05, 3.63) is 23.8 Å². The van der Waals surface area contributed by atoms with Gasteiger partial charge in [-0.2, -0.15) is 0 Å². The summed E-state index contributed by atoms with van der Waals surface area (Å²) in [7, 11) is 1.24. The molecule has 0 amide bonds. The van der Waals surface area contributed by atoms with Crippen molar-refractivity contribution in [2.45, 2.75) is 6.92 Å². The van der Waals surface area contributed by atoms with Crippen LogP contribution in [0.1, 0.15) is 16.4 Å². The molecular weight excluding hydrogens is 200 g/mol. The molecule has 0 aliphatic carbocycles. The number of furan rings is 1. The Hall–Kier alpha value is -2.11. The molecule has 0 atom stereocenters. The first-order valence-corrected chi connectivity index (χ1v) is 4.19. The summed E-state index contributed by atoms with van der Waals surface area (Å²) >= 11 is 0. The van der Waals surface area contributed by atoms with Crippen molar-refractivity contribution in [2.75, 3.05) is 7.11 Å². The van der Waals surface area contributed by atoms with Crippen molar-refractivity contribution in [3.8, 4) is 11.7 Å². The summed E-state index contributed by atoms with van der Waals surface area (Å²) in [6, 6.07) is 3.45. The smallest absolute Gasteiger partial charge is 0.396 e. The van der Waals surface area contributed by atoms with Crippen molar-refractivity contribution >= 4 is 5.97 Å². The lowest BCUT2D eigenvalue weighted by molar-refractivity contribution is 0.0556. The molecule has 0 aliphatic heterocycles. The molecule has 0 bridgehead atoms. The van der Waals surface area contributed by atoms with E-state index in [2.05, 4.69) is 14.9 Å². The maximum absolute atomic E-state index is 11.0. The minimum Gasteiger partial charge on any atom is -0.462 e. The molecule has 0 saturated carbocycles. The molecule has 0 N–H and O–H groups in total. The quantitative estimate of drug-likeness (QED) is 0.694. The number of carbonyl (C=O) groups excluding carboxylic acids is 1. The van der Waals surface area contributed by atoms with Crippen LogP contribution in [0, 0.1) is 6.92 Å². The third-order valence-electron chi connectivity index (χ3n) is 1.74. The number of carbonyl (C=O) groups is 1. The summed E-state index contributed by atoms with van der Waals surface area (Å²) in [6.45, 7) is 1.79. The molecule has 2 rings (SSSR count). The Morgan fingerprint density at radius 1 is 1.33 bits per heavy atom. The van der Waals surface area contributed by atoms with Crippen molar-refractivity contribution in [1.82, 2.24) is 10.2 Å². The van der Waals surface area contributed by atoms with Crippen LogP contribution in [0.15, 0.2) is 21.0 Å². The van der Waals surface area contributed by atoms with Crippen LogP contribution >= 0.6 is 0 Å². The summed E-state index contributed by atoms with van der Waals surface area (Å²) in [4.78, 5) is 11.0. The van der Waals surface area contributed by atoms with Crippen molar-refractivity contribution < 1.29 is 18.4 Å². The number of rotatable bonds is 2. The molecule has 2 aromatic heterocycles. The first-order valence-electron chi connectivity index (χ1n) is 4.19. The van der Waals surface area contributed by atoms with E-state index in [4.69, 9.17) is 8.83 Å². The average Bonchev–Trinajstić information content (AvgIpc) is 2.84. The van der Waals surface area contributed by atoms with Gasteiger partial charge in [-0.05, 0) is 19.1 Å². The van der Waals surface area contributed by atoms with Crippen molar-refractivity contribution in [1.29, 1.82) is 0 Å². The Labute approximate surface area is 84.9 Å². The Morgan fingerprint density at radius 3 is 2.73 bits per heavy atom. The van der Waals surface area contributed by atoms with Gasteiger partial charge in [-0.1, -0.05) is 0 Å². The molecule has 0 aliphatic rings. The number of hydrogen-bond acceptors (Lipinski definition) is 6. The summed E-state index contributed by atoms with van der Waals surface area (Å²) in [5.41, 5.74) is 0. The second-order valence-electron chi connectivity index (χ2n) is 2.81. The second kappa shape index (κ2) is 3.56. The number of hydrogen-bond donors (Lipinski definition) is 0. The number of ether oxygens (including phenoxy) is 1. The monoisotopic (exact) mass is 208 g/mol. The maximum atomic E-state index is 11.0. The maximum Gasteiger partial charge on any atom is 0.396 e. The SMILES string of the molecule is COC(=O)c1nnc(-c2ccc(C)o2)o1. The predicted octanol–water partition coefficient (Wildman–Crippen LogP) is 1.42. The average molecular weight is 208 g/mol. The highest BCUT2D eigenvalue weighted by molar-refractivity contribution is 5.84. The zero-order valence-corrected chi connectivity index (χ0v) is 8.18. The summed E-state index contributed by atoms with van der Waals surface area (Å²) in [6.07, 6.45) is 0. The number of nitrogens with zero attached hydrogens (tertiary/aromatic N) is 2. The van der Waals surface area contributed by atoms with Gasteiger partial charge in [0, 0.05) is 0 Å². The van der Waals surface area contributed by atoms with Crippen molar-refractivity contribution in [3.63, 3.8) is 0 Å². The molecule has 15 heavy (non-hydrogen) atoms. The van der Waals surface area contributed by atoms with Gasteiger partial charge in [0.25, 0.3) is 5.89 Å². The molecule has 78 valence electrons. The Bertz CT molecular complexity index is 486. The largest absolute Gasteiger partial charge is 0.462 e. The van der Waals surface area contributed by atoms with E-state index in [0.29, 0.717) is 5.76 Å². The van der Waals surface area contributed by atoms with Gasteiger partial charge in [-0.3, -0.25) is 0 Å². The first-order chi connectivity index (χ1) is 7.20. The van der Waals surface area contributed by atoms with Crippen LogP contribution in [0.25, 0.3) is 11.7 Å². The Balaban J connectivity index is 2.31. The van der Waals surface area contributed by atoms with Gasteiger partial charge in [-0.25, -0.2) is 4.79 Å². The topological polar surface area (TPSA) is 78.4 Å². The molecule has 0 saturated heterocycles. The highest BCUT2D eigenvalue weighted by Crippen LogP contribution is 2.20. The minimum atomic E-state index is -0.669. The van der Waals surface area contributed by atoms with Gasteiger partial charge in [0.1, 0.15) is 5.76 Å². The van der Waals surface area contributed by atoms with Gasteiger partial charge in [0.05, 0.1) is 7.11 Å². The van der Waals surface area contributed by atoms with E-state index >= 15 is 0 Å². The van der Waals surface area contributed by atoms with Gasteiger partial charge in [0.15, 0.2) is 5.76 Å². The van der Waals surface area contributed by atoms with Gasteiger partial charge in [0.2, 0.25) is 0 Å². The predicted molar refractivity (Wildman–Crippen MR) is 48.1 cm³/mol. The second-order valence-corrected chi connectivity index (χ2v) is 2.81.